The van der Waals surface area contributed by atoms with Gasteiger partial charge in [0.05, 0.1) is 11.1 Å². The Balaban J connectivity index is 1.22. The van der Waals surface area contributed by atoms with Gasteiger partial charge in [0.2, 0.25) is 0 Å². The highest BCUT2D eigenvalue weighted by molar-refractivity contribution is 5.90. The molecule has 0 radical (unpaired) electrons. The fraction of sp³-hybridized carbons (Fsp3) is 0.349. The van der Waals surface area contributed by atoms with Crippen LogP contribution in [0.1, 0.15) is 125 Å². The van der Waals surface area contributed by atoms with Crippen molar-refractivity contribution in [3.8, 4) is 0 Å². The number of ether oxygens (including phenoxy) is 2. The van der Waals surface area contributed by atoms with Crippen LogP contribution in [0.25, 0.3) is 0 Å². The molecule has 0 aromatic heterocycles. The topological polar surface area (TPSA) is 52.6 Å². The maximum atomic E-state index is 13.7. The van der Waals surface area contributed by atoms with Crippen LogP contribution in [-0.2, 0) is 9.47 Å². The summed E-state index contributed by atoms with van der Waals surface area (Å²) in [6.45, 7) is 6.29. The fourth-order valence-electron chi connectivity index (χ4n) is 7.33. The zero-order valence-corrected chi connectivity index (χ0v) is 27.4. The largest absolute Gasteiger partial charge is 0.450 e. The van der Waals surface area contributed by atoms with Crippen LogP contribution in [0.4, 0.5) is 0 Å². The molecule has 0 amide bonds. The average molecular weight is 627 g/mol. The number of rotatable bonds is 10. The Labute approximate surface area is 279 Å². The molecule has 0 unspecified atom stereocenters. The van der Waals surface area contributed by atoms with E-state index in [9.17, 15) is 9.59 Å². The van der Waals surface area contributed by atoms with E-state index in [1.165, 1.54) is 36.8 Å². The molecule has 0 N–H and O–H groups in total. The fourth-order valence-corrected chi connectivity index (χ4v) is 7.33. The van der Waals surface area contributed by atoms with Crippen molar-refractivity contribution >= 4 is 11.9 Å². The van der Waals surface area contributed by atoms with Gasteiger partial charge in [0, 0.05) is 0 Å². The molecule has 47 heavy (non-hydrogen) atoms. The van der Waals surface area contributed by atoms with Crippen LogP contribution in [0, 0.1) is 11.8 Å². The summed E-state index contributed by atoms with van der Waals surface area (Å²) in [4.78, 5) is 27.4. The molecule has 4 nitrogen and oxygen atoms in total. The standard InChI is InChI=1S/C43H46O4/c1-3-31-16-20-33(21-17-31)35-24-28-39(29-25-35)43(45)47-41(37-12-8-5-9-13-37)40(36-10-6-4-7-11-36)46-42(44)38-26-22-34(23-27-38)32-18-14-30(2)15-19-32/h3-13,22-33,40-41H,1,14-21H2,2H3/t30?,31?,32?,33?,40-,41-/m1/s1. The van der Waals surface area contributed by atoms with E-state index < -0.39 is 24.1 Å². The van der Waals surface area contributed by atoms with Crippen molar-refractivity contribution in [3.05, 3.63) is 155 Å². The maximum absolute atomic E-state index is 13.7. The molecule has 0 heterocycles. The number of hydrogen-bond acceptors (Lipinski definition) is 4. The number of allylic oxidation sites excluding steroid dienone is 1. The van der Waals surface area contributed by atoms with Crippen molar-refractivity contribution in [2.24, 2.45) is 11.8 Å². The van der Waals surface area contributed by atoms with Crippen LogP contribution in [0.2, 0.25) is 0 Å². The summed E-state index contributed by atoms with van der Waals surface area (Å²) < 4.78 is 12.5. The van der Waals surface area contributed by atoms with Crippen LogP contribution in [0.5, 0.6) is 0 Å². The molecule has 242 valence electrons. The third-order valence-corrected chi connectivity index (χ3v) is 10.4. The highest BCUT2D eigenvalue weighted by Gasteiger charge is 2.33. The van der Waals surface area contributed by atoms with Gasteiger partial charge < -0.3 is 9.47 Å². The Hall–Kier alpha value is -4.44. The second-order valence-corrected chi connectivity index (χ2v) is 13.5. The molecule has 2 aliphatic carbocycles. The summed E-state index contributed by atoms with van der Waals surface area (Å²) >= 11 is 0. The third kappa shape index (κ3) is 8.11. The Kier molecular flexibility index (Phi) is 10.7. The Morgan fingerprint density at radius 2 is 0.957 bits per heavy atom. The number of benzene rings is 4. The summed E-state index contributed by atoms with van der Waals surface area (Å²) in [5, 5.41) is 0. The first-order chi connectivity index (χ1) is 23.0. The highest BCUT2D eigenvalue weighted by atomic mass is 16.6. The van der Waals surface area contributed by atoms with Gasteiger partial charge in [0.1, 0.15) is 0 Å². The monoisotopic (exact) mass is 626 g/mol. The molecular formula is C43H46O4. The minimum atomic E-state index is -0.854. The van der Waals surface area contributed by atoms with Crippen molar-refractivity contribution in [2.75, 3.05) is 0 Å². The molecule has 0 bridgehead atoms. The predicted molar refractivity (Wildman–Crippen MR) is 187 cm³/mol. The van der Waals surface area contributed by atoms with Gasteiger partial charge in [-0.25, -0.2) is 9.59 Å². The number of carbonyl (C=O) groups is 2. The lowest BCUT2D eigenvalue weighted by Gasteiger charge is -2.28. The highest BCUT2D eigenvalue weighted by Crippen LogP contribution is 2.39. The summed E-state index contributed by atoms with van der Waals surface area (Å²) in [6, 6.07) is 34.8. The Morgan fingerprint density at radius 3 is 1.34 bits per heavy atom. The van der Waals surface area contributed by atoms with Crippen molar-refractivity contribution in [1.29, 1.82) is 0 Å². The van der Waals surface area contributed by atoms with Crippen LogP contribution in [0.15, 0.2) is 122 Å². The van der Waals surface area contributed by atoms with E-state index in [-0.39, 0.29) is 0 Å². The Morgan fingerprint density at radius 1 is 0.574 bits per heavy atom. The van der Waals surface area contributed by atoms with E-state index in [0.717, 1.165) is 42.7 Å². The SMILES string of the molecule is C=CC1CCC(c2ccc(C(=O)O[C@H](c3ccccc3)[C@H](OC(=O)c3ccc(C4CCC(C)CC4)cc3)c3ccccc3)cc2)CC1. The van der Waals surface area contributed by atoms with E-state index in [2.05, 4.69) is 43.8 Å². The molecule has 2 fully saturated rings. The first-order valence-corrected chi connectivity index (χ1v) is 17.3. The molecule has 0 saturated heterocycles. The molecule has 4 heteroatoms. The van der Waals surface area contributed by atoms with E-state index in [0.29, 0.717) is 28.9 Å². The van der Waals surface area contributed by atoms with Gasteiger partial charge in [-0.1, -0.05) is 111 Å². The lowest BCUT2D eigenvalue weighted by Crippen LogP contribution is -2.23. The third-order valence-electron chi connectivity index (χ3n) is 10.4. The second-order valence-electron chi connectivity index (χ2n) is 13.5. The molecule has 0 aliphatic heterocycles. The van der Waals surface area contributed by atoms with Crippen molar-refractivity contribution in [1.82, 2.24) is 0 Å². The average Bonchev–Trinajstić information content (AvgIpc) is 3.14. The van der Waals surface area contributed by atoms with E-state index >= 15 is 0 Å². The molecule has 4 aromatic rings. The summed E-state index contributed by atoms with van der Waals surface area (Å²) in [5.41, 5.74) is 4.99. The van der Waals surface area contributed by atoms with Gasteiger partial charge in [0.25, 0.3) is 0 Å². The van der Waals surface area contributed by atoms with Crippen molar-refractivity contribution < 1.29 is 19.1 Å². The van der Waals surface area contributed by atoms with Gasteiger partial charge in [-0.3, -0.25) is 0 Å². The normalized spacial score (nSPS) is 22.4. The van der Waals surface area contributed by atoms with Gasteiger partial charge in [-0.15, -0.1) is 6.58 Å². The van der Waals surface area contributed by atoms with E-state index in [1.54, 1.807) is 0 Å². The zero-order chi connectivity index (χ0) is 32.6. The first-order valence-electron chi connectivity index (χ1n) is 17.3. The van der Waals surface area contributed by atoms with E-state index in [4.69, 9.17) is 9.47 Å². The van der Waals surface area contributed by atoms with Crippen molar-refractivity contribution in [2.45, 2.75) is 82.3 Å². The van der Waals surface area contributed by atoms with Crippen LogP contribution in [0.3, 0.4) is 0 Å². The molecule has 2 saturated carbocycles. The smallest absolute Gasteiger partial charge is 0.338 e. The van der Waals surface area contributed by atoms with Gasteiger partial charge >= 0.3 is 11.9 Å². The maximum Gasteiger partial charge on any atom is 0.338 e. The van der Waals surface area contributed by atoms with Gasteiger partial charge in [-0.2, -0.15) is 0 Å². The zero-order valence-electron chi connectivity index (χ0n) is 27.4. The molecule has 6 rings (SSSR count). The van der Waals surface area contributed by atoms with Crippen molar-refractivity contribution in [3.63, 3.8) is 0 Å². The molecule has 0 spiro atoms. The van der Waals surface area contributed by atoms with Gasteiger partial charge in [0.15, 0.2) is 12.2 Å². The van der Waals surface area contributed by atoms with Gasteiger partial charge in [-0.05, 0) is 109 Å². The Bertz CT molecular complexity index is 1590. The summed E-state index contributed by atoms with van der Waals surface area (Å²) in [6.07, 6.45) is 9.79. The summed E-state index contributed by atoms with van der Waals surface area (Å²) in [7, 11) is 0. The number of esters is 2. The minimum absolute atomic E-state index is 0.449. The van der Waals surface area contributed by atoms with E-state index in [1.807, 2.05) is 84.9 Å². The lowest BCUT2D eigenvalue weighted by atomic mass is 9.79. The second kappa shape index (κ2) is 15.4. The molecule has 2 atom stereocenters. The summed E-state index contributed by atoms with van der Waals surface area (Å²) in [5.74, 6) is 1.52. The van der Waals surface area contributed by atoms with Crippen LogP contribution >= 0.6 is 0 Å². The molecule has 2 aliphatic rings. The number of carbonyl (C=O) groups excluding carboxylic acids is 2. The molecule has 4 aromatic carbocycles. The van der Waals surface area contributed by atoms with Crippen LogP contribution in [-0.4, -0.2) is 11.9 Å². The number of hydrogen-bond donors (Lipinski definition) is 0. The minimum Gasteiger partial charge on any atom is -0.450 e. The first kappa shape index (κ1) is 32.5. The van der Waals surface area contributed by atoms with Crippen LogP contribution < -0.4 is 0 Å². The molecular weight excluding hydrogens is 580 g/mol. The quantitative estimate of drug-likeness (QED) is 0.130. The lowest BCUT2D eigenvalue weighted by molar-refractivity contribution is -0.0388. The predicted octanol–water partition coefficient (Wildman–Crippen LogP) is 10.9.